The quantitative estimate of drug-likeness (QED) is 0.518. The minimum Gasteiger partial charge on any atom is -0.487 e. The second-order valence-electron chi connectivity index (χ2n) is 8.69. The number of halogens is 2. The maximum atomic E-state index is 13.9. The van der Waals surface area contributed by atoms with Gasteiger partial charge in [0.2, 0.25) is 5.82 Å². The van der Waals surface area contributed by atoms with E-state index in [1.165, 1.54) is 57.8 Å². The molecule has 2 aliphatic rings. The zero-order chi connectivity index (χ0) is 18.5. The van der Waals surface area contributed by atoms with Gasteiger partial charge in [0.1, 0.15) is 0 Å². The fourth-order valence-electron chi connectivity index (χ4n) is 5.06. The molecule has 0 aromatic heterocycles. The predicted molar refractivity (Wildman–Crippen MR) is 102 cm³/mol. The number of rotatable bonds is 6. The van der Waals surface area contributed by atoms with Crippen LogP contribution in [0.1, 0.15) is 83.1 Å². The summed E-state index contributed by atoms with van der Waals surface area (Å²) in [4.78, 5) is 0. The summed E-state index contributed by atoms with van der Waals surface area (Å²) in [6.07, 6.45) is 14.6. The maximum Gasteiger partial charge on any atom is 0.200 e. The SMILES string of the molecule is Cc1ccc(F)c(F)c1OC(C)CCC1CCC(C2CCCCC2)CC1. The standard InChI is InChI=1S/C23H34F2O/c1-16-8-15-21(24)22(25)23(16)26-17(2)9-10-18-11-13-20(14-12-18)19-6-4-3-5-7-19/h8,15,17-20H,3-7,9-14H2,1-2H3. The highest BCUT2D eigenvalue weighted by Crippen LogP contribution is 2.41. The molecule has 0 aliphatic heterocycles. The van der Waals surface area contributed by atoms with Crippen LogP contribution in [0.4, 0.5) is 8.78 Å². The number of benzene rings is 1. The lowest BCUT2D eigenvalue weighted by atomic mass is 9.70. The van der Waals surface area contributed by atoms with Gasteiger partial charge in [0, 0.05) is 0 Å². The Balaban J connectivity index is 1.41. The third-order valence-electron chi connectivity index (χ3n) is 6.76. The third kappa shape index (κ3) is 4.98. The lowest BCUT2D eigenvalue weighted by Gasteiger charge is -2.36. The highest BCUT2D eigenvalue weighted by molar-refractivity contribution is 5.34. The molecule has 1 unspecified atom stereocenters. The maximum absolute atomic E-state index is 13.9. The Bertz CT molecular complexity index is 572. The number of hydrogen-bond donors (Lipinski definition) is 0. The molecule has 0 amide bonds. The first kappa shape index (κ1) is 19.6. The Morgan fingerprint density at radius 2 is 1.62 bits per heavy atom. The zero-order valence-electron chi connectivity index (χ0n) is 16.4. The summed E-state index contributed by atoms with van der Waals surface area (Å²) in [5.74, 6) is 1.12. The van der Waals surface area contributed by atoms with Crippen molar-refractivity contribution < 1.29 is 13.5 Å². The molecule has 0 bridgehead atoms. The molecule has 3 heteroatoms. The smallest absolute Gasteiger partial charge is 0.200 e. The van der Waals surface area contributed by atoms with Crippen molar-refractivity contribution in [3.05, 3.63) is 29.3 Å². The Morgan fingerprint density at radius 3 is 2.31 bits per heavy atom. The van der Waals surface area contributed by atoms with Crippen molar-refractivity contribution in [1.82, 2.24) is 0 Å². The van der Waals surface area contributed by atoms with Gasteiger partial charge in [-0.25, -0.2) is 4.39 Å². The summed E-state index contributed by atoms with van der Waals surface area (Å²) in [6.45, 7) is 3.73. The molecule has 2 saturated carbocycles. The summed E-state index contributed by atoms with van der Waals surface area (Å²) in [7, 11) is 0. The van der Waals surface area contributed by atoms with Crippen molar-refractivity contribution in [2.75, 3.05) is 0 Å². The van der Waals surface area contributed by atoms with Gasteiger partial charge >= 0.3 is 0 Å². The topological polar surface area (TPSA) is 9.23 Å². The highest BCUT2D eigenvalue weighted by atomic mass is 19.2. The van der Waals surface area contributed by atoms with Gasteiger partial charge in [0.05, 0.1) is 6.10 Å². The van der Waals surface area contributed by atoms with Gasteiger partial charge in [-0.2, -0.15) is 4.39 Å². The van der Waals surface area contributed by atoms with Crippen LogP contribution in [0, 0.1) is 36.3 Å². The molecule has 2 fully saturated rings. The first-order valence-electron chi connectivity index (χ1n) is 10.7. The van der Waals surface area contributed by atoms with Gasteiger partial charge in [-0.15, -0.1) is 0 Å². The Morgan fingerprint density at radius 1 is 0.962 bits per heavy atom. The fourth-order valence-corrected chi connectivity index (χ4v) is 5.06. The van der Waals surface area contributed by atoms with E-state index in [9.17, 15) is 8.78 Å². The molecule has 1 atom stereocenters. The number of aryl methyl sites for hydroxylation is 1. The van der Waals surface area contributed by atoms with E-state index in [0.29, 0.717) is 5.56 Å². The highest BCUT2D eigenvalue weighted by Gasteiger charge is 2.28. The monoisotopic (exact) mass is 364 g/mol. The number of ether oxygens (including phenoxy) is 1. The van der Waals surface area contributed by atoms with E-state index in [4.69, 9.17) is 4.74 Å². The molecule has 3 rings (SSSR count). The van der Waals surface area contributed by atoms with E-state index >= 15 is 0 Å². The van der Waals surface area contributed by atoms with E-state index in [2.05, 4.69) is 0 Å². The van der Waals surface area contributed by atoms with E-state index in [0.717, 1.165) is 36.7 Å². The lowest BCUT2D eigenvalue weighted by molar-refractivity contribution is 0.145. The summed E-state index contributed by atoms with van der Waals surface area (Å²) in [6, 6.07) is 2.74. The molecule has 0 N–H and O–H groups in total. The minimum atomic E-state index is -0.857. The molecular formula is C23H34F2O. The molecule has 1 aromatic rings. The first-order valence-corrected chi connectivity index (χ1v) is 10.7. The van der Waals surface area contributed by atoms with Gasteiger partial charge < -0.3 is 4.74 Å². The van der Waals surface area contributed by atoms with Crippen LogP contribution < -0.4 is 4.74 Å². The third-order valence-corrected chi connectivity index (χ3v) is 6.76. The van der Waals surface area contributed by atoms with Crippen LogP contribution in [0.5, 0.6) is 5.75 Å². The fraction of sp³-hybridized carbons (Fsp3) is 0.739. The Labute approximate surface area is 157 Å². The average molecular weight is 365 g/mol. The van der Waals surface area contributed by atoms with Gasteiger partial charge in [0.25, 0.3) is 0 Å². The molecule has 0 radical (unpaired) electrons. The van der Waals surface area contributed by atoms with Crippen LogP contribution in [0.3, 0.4) is 0 Å². The molecule has 1 nitrogen and oxygen atoms in total. The zero-order valence-corrected chi connectivity index (χ0v) is 16.4. The summed E-state index contributed by atoms with van der Waals surface area (Å²) < 4.78 is 33.1. The van der Waals surface area contributed by atoms with Crippen LogP contribution in [-0.4, -0.2) is 6.10 Å². The molecular weight excluding hydrogens is 330 g/mol. The second-order valence-corrected chi connectivity index (χ2v) is 8.69. The van der Waals surface area contributed by atoms with Gasteiger partial charge in [0.15, 0.2) is 11.6 Å². The van der Waals surface area contributed by atoms with Crippen molar-refractivity contribution in [2.45, 2.75) is 90.6 Å². The lowest BCUT2D eigenvalue weighted by Crippen LogP contribution is -2.24. The Hall–Kier alpha value is -1.12. The first-order chi connectivity index (χ1) is 12.5. The summed E-state index contributed by atoms with van der Waals surface area (Å²) in [5.41, 5.74) is 0.656. The van der Waals surface area contributed by atoms with E-state index in [1.807, 2.05) is 6.92 Å². The predicted octanol–water partition coefficient (Wildman–Crippen LogP) is 7.21. The van der Waals surface area contributed by atoms with Crippen molar-refractivity contribution in [2.24, 2.45) is 17.8 Å². The van der Waals surface area contributed by atoms with E-state index in [-0.39, 0.29) is 11.9 Å². The second kappa shape index (κ2) is 9.19. The number of hydrogen-bond acceptors (Lipinski definition) is 1. The van der Waals surface area contributed by atoms with E-state index < -0.39 is 11.6 Å². The summed E-state index contributed by atoms with van der Waals surface area (Å²) >= 11 is 0. The molecule has 146 valence electrons. The Kier molecular flexibility index (Phi) is 6.94. The van der Waals surface area contributed by atoms with Crippen molar-refractivity contribution in [1.29, 1.82) is 0 Å². The van der Waals surface area contributed by atoms with E-state index in [1.54, 1.807) is 13.0 Å². The van der Waals surface area contributed by atoms with Crippen LogP contribution in [-0.2, 0) is 0 Å². The van der Waals surface area contributed by atoms with Gasteiger partial charge in [-0.1, -0.05) is 51.0 Å². The normalized spacial score (nSPS) is 25.8. The largest absolute Gasteiger partial charge is 0.487 e. The average Bonchev–Trinajstić information content (AvgIpc) is 2.68. The van der Waals surface area contributed by atoms with Crippen LogP contribution in [0.2, 0.25) is 0 Å². The van der Waals surface area contributed by atoms with Gasteiger partial charge in [-0.05, 0) is 68.9 Å². The van der Waals surface area contributed by atoms with Gasteiger partial charge in [-0.3, -0.25) is 0 Å². The van der Waals surface area contributed by atoms with Crippen molar-refractivity contribution in [3.63, 3.8) is 0 Å². The van der Waals surface area contributed by atoms with Crippen molar-refractivity contribution in [3.8, 4) is 5.75 Å². The van der Waals surface area contributed by atoms with Crippen LogP contribution >= 0.6 is 0 Å². The molecule has 2 aliphatic carbocycles. The van der Waals surface area contributed by atoms with Crippen LogP contribution in [0.25, 0.3) is 0 Å². The van der Waals surface area contributed by atoms with Crippen molar-refractivity contribution >= 4 is 0 Å². The molecule has 1 aromatic carbocycles. The molecule has 0 spiro atoms. The summed E-state index contributed by atoms with van der Waals surface area (Å²) in [5, 5.41) is 0. The molecule has 26 heavy (non-hydrogen) atoms. The molecule has 0 saturated heterocycles. The minimum absolute atomic E-state index is 0.0820. The molecule has 0 heterocycles. The van der Waals surface area contributed by atoms with Crippen LogP contribution in [0.15, 0.2) is 12.1 Å².